The molecule has 0 bridgehead atoms. The lowest BCUT2D eigenvalue weighted by atomic mass is 10.1. The van der Waals surface area contributed by atoms with Crippen LogP contribution in [0.4, 0.5) is 8.78 Å². The molecule has 1 aromatic carbocycles. The second-order valence-corrected chi connectivity index (χ2v) is 7.52. The molecule has 3 aromatic heterocycles. The van der Waals surface area contributed by atoms with E-state index in [1.807, 2.05) is 0 Å². The van der Waals surface area contributed by atoms with Gasteiger partial charge in [0.15, 0.2) is 17.2 Å². The summed E-state index contributed by atoms with van der Waals surface area (Å²) in [5, 5.41) is 17.7. The summed E-state index contributed by atoms with van der Waals surface area (Å²) in [5.41, 5.74) is 1.13. The van der Waals surface area contributed by atoms with E-state index in [1.54, 1.807) is 6.92 Å². The van der Waals surface area contributed by atoms with E-state index in [0.717, 1.165) is 31.2 Å². The Morgan fingerprint density at radius 1 is 1.28 bits per heavy atom. The van der Waals surface area contributed by atoms with Crippen LogP contribution < -0.4 is 5.56 Å². The van der Waals surface area contributed by atoms with Crippen molar-refractivity contribution in [2.45, 2.75) is 31.7 Å². The van der Waals surface area contributed by atoms with Crippen molar-refractivity contribution in [3.8, 4) is 5.95 Å². The number of fused-ring (bicyclic) bond motifs is 1. The minimum Gasteiger partial charge on any atom is -0.478 e. The zero-order valence-corrected chi connectivity index (χ0v) is 17.7. The Kier molecular flexibility index (Phi) is 5.33. The van der Waals surface area contributed by atoms with Crippen LogP contribution in [0, 0.1) is 11.6 Å². The van der Waals surface area contributed by atoms with E-state index >= 15 is 0 Å². The van der Waals surface area contributed by atoms with E-state index in [0.29, 0.717) is 16.8 Å². The van der Waals surface area contributed by atoms with Crippen molar-refractivity contribution >= 4 is 30.5 Å². The number of aromatic amines is 1. The number of carbonyl (C=O) groups is 1. The van der Waals surface area contributed by atoms with Gasteiger partial charge in [-0.3, -0.25) is 14.5 Å². The van der Waals surface area contributed by atoms with E-state index in [4.69, 9.17) is 5.11 Å². The number of aromatic nitrogens is 6. The number of carboxylic acid groups (broad SMARTS) is 1. The lowest BCUT2D eigenvalue weighted by Gasteiger charge is -2.14. The van der Waals surface area contributed by atoms with Crippen molar-refractivity contribution in [2.24, 2.45) is 0 Å². The minimum absolute atomic E-state index is 0. The molecule has 166 valence electrons. The van der Waals surface area contributed by atoms with E-state index in [-0.39, 0.29) is 36.4 Å². The summed E-state index contributed by atoms with van der Waals surface area (Å²) in [6.07, 6.45) is 4.21. The monoisotopic (exact) mass is 460 g/mol. The van der Waals surface area contributed by atoms with Gasteiger partial charge < -0.3 is 5.11 Å². The largest absolute Gasteiger partial charge is 0.478 e. The van der Waals surface area contributed by atoms with Crippen LogP contribution in [0.2, 0.25) is 0 Å². The topological polar surface area (TPSA) is 119 Å². The Morgan fingerprint density at radius 3 is 2.66 bits per heavy atom. The van der Waals surface area contributed by atoms with Gasteiger partial charge in [0.25, 0.3) is 5.56 Å². The third-order valence-electron chi connectivity index (χ3n) is 5.37. The summed E-state index contributed by atoms with van der Waals surface area (Å²) in [5.74, 6) is -2.88. The maximum absolute atomic E-state index is 13.8. The van der Waals surface area contributed by atoms with Gasteiger partial charge in [-0.1, -0.05) is 6.07 Å². The first-order chi connectivity index (χ1) is 14.8. The van der Waals surface area contributed by atoms with Gasteiger partial charge in [0.1, 0.15) is 5.52 Å². The third-order valence-corrected chi connectivity index (χ3v) is 5.37. The number of carboxylic acids is 1. The second kappa shape index (κ2) is 7.86. The first kappa shape index (κ1) is 21.7. The quantitative estimate of drug-likeness (QED) is 0.473. The Labute approximate surface area is 186 Å². The molecule has 9 nitrogen and oxygen atoms in total. The molecule has 1 fully saturated rings. The van der Waals surface area contributed by atoms with Crippen molar-refractivity contribution in [3.05, 3.63) is 69.4 Å². The fraction of sp³-hybridized carbons (Fsp3) is 0.250. The van der Waals surface area contributed by atoms with Crippen LogP contribution in [0.15, 0.2) is 35.4 Å². The molecule has 32 heavy (non-hydrogen) atoms. The molecule has 0 saturated heterocycles. The number of benzene rings is 1. The lowest BCUT2D eigenvalue weighted by Crippen LogP contribution is -2.19. The van der Waals surface area contributed by atoms with Gasteiger partial charge >= 0.3 is 5.97 Å². The van der Waals surface area contributed by atoms with Gasteiger partial charge in [-0.25, -0.2) is 23.2 Å². The average Bonchev–Trinajstić information content (AvgIpc) is 3.31. The van der Waals surface area contributed by atoms with Gasteiger partial charge in [-0.15, -0.1) is 0 Å². The SMILES string of the molecule is C[C@@H](c1ccc(F)c(F)c1)n1nc(C2CC2)c2nc(-n3cc(C(=O)O)cn3)[nH]c(=O)c21.S. The Hall–Kier alpha value is -3.54. The summed E-state index contributed by atoms with van der Waals surface area (Å²) in [6, 6.07) is 3.01. The normalized spacial score (nSPS) is 14.3. The molecule has 0 aliphatic heterocycles. The molecule has 0 spiro atoms. The highest BCUT2D eigenvalue weighted by Gasteiger charge is 2.32. The lowest BCUT2D eigenvalue weighted by molar-refractivity contribution is 0.0697. The number of H-pyrrole nitrogens is 1. The Balaban J connectivity index is 0.00000245. The highest BCUT2D eigenvalue weighted by Crippen LogP contribution is 2.42. The van der Waals surface area contributed by atoms with Crippen LogP contribution in [0.3, 0.4) is 0 Å². The molecule has 1 saturated carbocycles. The van der Waals surface area contributed by atoms with Gasteiger partial charge in [-0.05, 0) is 37.5 Å². The third kappa shape index (κ3) is 3.55. The van der Waals surface area contributed by atoms with Crippen LogP contribution in [0.1, 0.15) is 53.3 Å². The van der Waals surface area contributed by atoms with Gasteiger partial charge in [0.05, 0.1) is 23.5 Å². The summed E-state index contributed by atoms with van der Waals surface area (Å²) in [7, 11) is 0. The Morgan fingerprint density at radius 2 is 2.03 bits per heavy atom. The average molecular weight is 460 g/mol. The second-order valence-electron chi connectivity index (χ2n) is 7.52. The van der Waals surface area contributed by atoms with E-state index < -0.39 is 29.2 Å². The smallest absolute Gasteiger partial charge is 0.338 e. The number of hydrogen-bond acceptors (Lipinski definition) is 5. The van der Waals surface area contributed by atoms with E-state index in [1.165, 1.54) is 21.6 Å². The van der Waals surface area contributed by atoms with Crippen molar-refractivity contribution in [1.29, 1.82) is 0 Å². The van der Waals surface area contributed by atoms with Crippen LogP contribution in [0.25, 0.3) is 17.0 Å². The van der Waals surface area contributed by atoms with Gasteiger partial charge in [0.2, 0.25) is 5.95 Å². The molecule has 4 aromatic rings. The molecule has 2 N–H and O–H groups in total. The number of halogens is 2. The van der Waals surface area contributed by atoms with Crippen LogP contribution in [0.5, 0.6) is 0 Å². The number of rotatable bonds is 5. The predicted molar refractivity (Wildman–Crippen MR) is 115 cm³/mol. The summed E-state index contributed by atoms with van der Waals surface area (Å²) in [4.78, 5) is 31.2. The van der Waals surface area contributed by atoms with Crippen LogP contribution in [-0.2, 0) is 0 Å². The summed E-state index contributed by atoms with van der Waals surface area (Å²) >= 11 is 0. The number of aromatic carboxylic acids is 1. The molecule has 12 heteroatoms. The first-order valence-corrected chi connectivity index (χ1v) is 9.59. The van der Waals surface area contributed by atoms with Crippen LogP contribution in [-0.4, -0.2) is 40.6 Å². The molecule has 1 aliphatic carbocycles. The highest BCUT2D eigenvalue weighted by atomic mass is 32.1. The molecule has 1 atom stereocenters. The molecule has 0 radical (unpaired) electrons. The molecular formula is C20H18F2N6O3S. The molecular weight excluding hydrogens is 442 g/mol. The molecule has 0 unspecified atom stereocenters. The minimum atomic E-state index is -1.15. The number of hydrogen-bond donors (Lipinski definition) is 2. The van der Waals surface area contributed by atoms with Crippen molar-refractivity contribution in [1.82, 2.24) is 29.5 Å². The Bertz CT molecular complexity index is 1410. The van der Waals surface area contributed by atoms with Crippen molar-refractivity contribution < 1.29 is 18.7 Å². The molecule has 0 amide bonds. The van der Waals surface area contributed by atoms with E-state index in [9.17, 15) is 18.4 Å². The molecule has 3 heterocycles. The maximum Gasteiger partial charge on any atom is 0.338 e. The maximum atomic E-state index is 13.8. The summed E-state index contributed by atoms with van der Waals surface area (Å²) in [6.45, 7) is 1.73. The fourth-order valence-electron chi connectivity index (χ4n) is 3.54. The molecule has 1 aliphatic rings. The number of nitrogens with one attached hydrogen (secondary N) is 1. The number of nitrogens with zero attached hydrogens (tertiary/aromatic N) is 5. The summed E-state index contributed by atoms with van der Waals surface area (Å²) < 4.78 is 29.8. The fourth-order valence-corrected chi connectivity index (χ4v) is 3.54. The van der Waals surface area contributed by atoms with Gasteiger partial charge in [0, 0.05) is 12.1 Å². The van der Waals surface area contributed by atoms with E-state index in [2.05, 4.69) is 20.2 Å². The molecule has 5 rings (SSSR count). The standard InChI is InChI=1S/C20H16F2N6O3.H2S/c1-9(11-4-5-13(21)14(22)6-11)28-17-16(15(26-28)10-2-3-10)24-20(25-18(17)29)27-8-12(7-23-27)19(30)31;/h4-10H,2-3H2,1H3,(H,30,31)(H,24,25,29);1H2/t9-;/m0./s1. The zero-order valence-electron chi connectivity index (χ0n) is 16.7. The zero-order chi connectivity index (χ0) is 21.9. The van der Waals surface area contributed by atoms with Crippen LogP contribution >= 0.6 is 13.5 Å². The predicted octanol–water partition coefficient (Wildman–Crippen LogP) is 2.88. The first-order valence-electron chi connectivity index (χ1n) is 9.59. The highest BCUT2D eigenvalue weighted by molar-refractivity contribution is 7.59. The van der Waals surface area contributed by atoms with Crippen molar-refractivity contribution in [2.75, 3.05) is 0 Å². The van der Waals surface area contributed by atoms with Crippen molar-refractivity contribution in [3.63, 3.8) is 0 Å². The van der Waals surface area contributed by atoms with Gasteiger partial charge in [-0.2, -0.15) is 23.7 Å².